The van der Waals surface area contributed by atoms with E-state index in [4.69, 9.17) is 5.73 Å². The van der Waals surface area contributed by atoms with Crippen LogP contribution in [0.25, 0.3) is 0 Å². The van der Waals surface area contributed by atoms with Crippen molar-refractivity contribution in [1.29, 1.82) is 0 Å². The lowest BCUT2D eigenvalue weighted by Gasteiger charge is -2.19. The van der Waals surface area contributed by atoms with E-state index in [9.17, 15) is 19.2 Å². The van der Waals surface area contributed by atoms with Crippen LogP contribution in [0.5, 0.6) is 0 Å². The Morgan fingerprint density at radius 2 is 2.08 bits per heavy atom. The molecule has 0 unspecified atom stereocenters. The zero-order chi connectivity index (χ0) is 18.4. The van der Waals surface area contributed by atoms with Gasteiger partial charge in [-0.2, -0.15) is 0 Å². The van der Waals surface area contributed by atoms with E-state index in [1.165, 1.54) is 11.8 Å². The average Bonchev–Trinajstić information content (AvgIpc) is 3.15. The maximum absolute atomic E-state index is 12.8. The van der Waals surface area contributed by atoms with Gasteiger partial charge >= 0.3 is 0 Å². The molecule has 4 N–H and O–H groups in total. The van der Waals surface area contributed by atoms with Crippen molar-refractivity contribution >= 4 is 52.4 Å². The molecule has 1 saturated heterocycles. The van der Waals surface area contributed by atoms with Crippen LogP contribution in [0.2, 0.25) is 0 Å². The number of nitrogens with one attached hydrogen (secondary N) is 2. The van der Waals surface area contributed by atoms with E-state index in [2.05, 4.69) is 10.6 Å². The van der Waals surface area contributed by atoms with E-state index in [1.54, 1.807) is 4.90 Å². The Bertz CT molecular complexity index is 817. The number of thiophene rings is 1. The predicted octanol–water partition coefficient (Wildman–Crippen LogP) is 0.774. The van der Waals surface area contributed by atoms with E-state index >= 15 is 0 Å². The molecular weight excluding hydrogens is 376 g/mol. The number of carbonyl (C=O) groups is 4. The van der Waals surface area contributed by atoms with Gasteiger partial charge in [0.05, 0.1) is 21.2 Å². The number of carbonyl (C=O) groups excluding carboxylic acids is 4. The van der Waals surface area contributed by atoms with E-state index in [-0.39, 0.29) is 40.8 Å². The van der Waals surface area contributed by atoms with Gasteiger partial charge in [-0.25, -0.2) is 0 Å². The average molecular weight is 394 g/mol. The van der Waals surface area contributed by atoms with E-state index in [0.29, 0.717) is 22.1 Å². The minimum atomic E-state index is -0.720. The van der Waals surface area contributed by atoms with Crippen LogP contribution in [0.4, 0.5) is 5.69 Å². The fourth-order valence-corrected chi connectivity index (χ4v) is 5.56. The molecule has 10 heteroatoms. The van der Waals surface area contributed by atoms with Crippen LogP contribution in [-0.4, -0.2) is 52.9 Å². The number of hydrogen-bond donors (Lipinski definition) is 3. The fraction of sp³-hybridized carbons (Fsp3) is 0.500. The number of amides is 4. The summed E-state index contributed by atoms with van der Waals surface area (Å²) >= 11 is 2.28. The third-order valence-electron chi connectivity index (χ3n) is 4.66. The van der Waals surface area contributed by atoms with Crippen LogP contribution >= 0.6 is 23.1 Å². The highest BCUT2D eigenvalue weighted by atomic mass is 32.2. The van der Waals surface area contributed by atoms with Gasteiger partial charge in [0, 0.05) is 12.6 Å². The molecule has 1 aromatic heterocycles. The Morgan fingerprint density at radius 3 is 2.77 bits per heavy atom. The molecule has 3 heterocycles. The lowest BCUT2D eigenvalue weighted by atomic mass is 10.2. The normalized spacial score (nSPS) is 21.7. The molecule has 2 fully saturated rings. The SMILES string of the molecule is NC(=O)c1c(SCC(=O)NC2CC2)sc2c1NC(=O)[C@H]1CCCN1C2=O. The Labute approximate surface area is 157 Å². The third-order valence-corrected chi connectivity index (χ3v) is 7.11. The molecule has 0 spiro atoms. The maximum Gasteiger partial charge on any atom is 0.266 e. The second-order valence-electron chi connectivity index (χ2n) is 6.61. The summed E-state index contributed by atoms with van der Waals surface area (Å²) in [4.78, 5) is 51.1. The molecule has 0 aromatic carbocycles. The van der Waals surface area contributed by atoms with Crippen molar-refractivity contribution in [2.45, 2.75) is 42.0 Å². The van der Waals surface area contributed by atoms with Crippen LogP contribution < -0.4 is 16.4 Å². The van der Waals surface area contributed by atoms with Gasteiger partial charge in [-0.15, -0.1) is 23.1 Å². The Kier molecular flexibility index (Phi) is 4.39. The highest BCUT2D eigenvalue weighted by Gasteiger charge is 2.41. The van der Waals surface area contributed by atoms with Gasteiger partial charge in [0.25, 0.3) is 11.8 Å². The molecule has 0 radical (unpaired) electrons. The molecule has 4 rings (SSSR count). The van der Waals surface area contributed by atoms with Gasteiger partial charge in [-0.05, 0) is 25.7 Å². The van der Waals surface area contributed by atoms with Crippen molar-refractivity contribution in [2.24, 2.45) is 5.73 Å². The zero-order valence-corrected chi connectivity index (χ0v) is 15.5. The highest BCUT2D eigenvalue weighted by Crippen LogP contribution is 2.42. The topological polar surface area (TPSA) is 122 Å². The largest absolute Gasteiger partial charge is 0.365 e. The first kappa shape index (κ1) is 17.3. The van der Waals surface area contributed by atoms with Crippen molar-refractivity contribution in [2.75, 3.05) is 17.6 Å². The lowest BCUT2D eigenvalue weighted by molar-refractivity contribution is -0.120. The molecule has 1 aromatic rings. The number of rotatable bonds is 5. The summed E-state index contributed by atoms with van der Waals surface area (Å²) in [6.07, 6.45) is 3.37. The summed E-state index contributed by atoms with van der Waals surface area (Å²) in [5.41, 5.74) is 5.83. The van der Waals surface area contributed by atoms with Crippen molar-refractivity contribution in [3.8, 4) is 0 Å². The summed E-state index contributed by atoms with van der Waals surface area (Å²) < 4.78 is 0.486. The van der Waals surface area contributed by atoms with Crippen LogP contribution in [0, 0.1) is 0 Å². The molecule has 1 aliphatic carbocycles. The number of nitrogens with zero attached hydrogens (tertiary/aromatic N) is 1. The Balaban J connectivity index is 1.63. The smallest absolute Gasteiger partial charge is 0.266 e. The van der Waals surface area contributed by atoms with Gasteiger partial charge in [-0.1, -0.05) is 0 Å². The minimum Gasteiger partial charge on any atom is -0.365 e. The highest BCUT2D eigenvalue weighted by molar-refractivity contribution is 8.01. The number of primary amides is 1. The van der Waals surface area contributed by atoms with Gasteiger partial charge in [0.15, 0.2) is 0 Å². The lowest BCUT2D eigenvalue weighted by Crippen LogP contribution is -2.40. The number of thioether (sulfide) groups is 1. The van der Waals surface area contributed by atoms with Gasteiger partial charge in [-0.3, -0.25) is 19.2 Å². The fourth-order valence-electron chi connectivity index (χ4n) is 3.25. The molecule has 1 saturated carbocycles. The van der Waals surface area contributed by atoms with Crippen LogP contribution in [0.3, 0.4) is 0 Å². The molecule has 8 nitrogen and oxygen atoms in total. The van der Waals surface area contributed by atoms with Crippen molar-refractivity contribution in [1.82, 2.24) is 10.2 Å². The third kappa shape index (κ3) is 3.07. The summed E-state index contributed by atoms with van der Waals surface area (Å²) in [5.74, 6) is -1.26. The van der Waals surface area contributed by atoms with Crippen LogP contribution in [0.1, 0.15) is 45.7 Å². The first-order valence-electron chi connectivity index (χ1n) is 8.46. The number of nitrogens with two attached hydrogens (primary N) is 1. The molecule has 26 heavy (non-hydrogen) atoms. The predicted molar refractivity (Wildman–Crippen MR) is 97.4 cm³/mol. The molecular formula is C16H18N4O4S2. The number of fused-ring (bicyclic) bond motifs is 2. The van der Waals surface area contributed by atoms with Gasteiger partial charge < -0.3 is 21.3 Å². The van der Waals surface area contributed by atoms with Crippen LogP contribution in [-0.2, 0) is 9.59 Å². The number of hydrogen-bond acceptors (Lipinski definition) is 6. The summed E-state index contributed by atoms with van der Waals surface area (Å²) in [7, 11) is 0. The summed E-state index contributed by atoms with van der Waals surface area (Å²) in [6.45, 7) is 0.520. The Morgan fingerprint density at radius 1 is 1.31 bits per heavy atom. The summed E-state index contributed by atoms with van der Waals surface area (Å²) in [6, 6.07) is -0.241. The van der Waals surface area contributed by atoms with Crippen LogP contribution in [0.15, 0.2) is 4.21 Å². The second-order valence-corrected chi connectivity index (χ2v) is 8.87. The van der Waals surface area contributed by atoms with E-state index in [1.807, 2.05) is 0 Å². The minimum absolute atomic E-state index is 0.119. The first-order valence-corrected chi connectivity index (χ1v) is 10.3. The molecule has 3 aliphatic rings. The van der Waals surface area contributed by atoms with E-state index in [0.717, 1.165) is 30.6 Å². The molecule has 2 aliphatic heterocycles. The summed E-state index contributed by atoms with van der Waals surface area (Å²) in [5, 5.41) is 5.59. The van der Waals surface area contributed by atoms with Crippen molar-refractivity contribution in [3.05, 3.63) is 10.4 Å². The maximum atomic E-state index is 12.8. The standard InChI is InChI=1S/C16H18N4O4S2/c17-13(22)10-11-12(15(24)20-5-1-2-8(20)14(23)19-11)26-16(10)25-6-9(21)18-7-3-4-7/h7-8H,1-6H2,(H2,17,22)(H,18,21)(H,19,23)/t8-/m1/s1. The molecule has 4 amide bonds. The second kappa shape index (κ2) is 6.58. The monoisotopic (exact) mass is 394 g/mol. The molecule has 0 bridgehead atoms. The molecule has 1 atom stereocenters. The van der Waals surface area contributed by atoms with Gasteiger partial charge in [0.2, 0.25) is 11.8 Å². The van der Waals surface area contributed by atoms with Gasteiger partial charge in [0.1, 0.15) is 10.9 Å². The first-order chi connectivity index (χ1) is 12.5. The van der Waals surface area contributed by atoms with Crippen molar-refractivity contribution < 1.29 is 19.2 Å². The van der Waals surface area contributed by atoms with E-state index < -0.39 is 11.9 Å². The quantitative estimate of drug-likeness (QED) is 0.637. The van der Waals surface area contributed by atoms with Crippen molar-refractivity contribution in [3.63, 3.8) is 0 Å². The molecule has 138 valence electrons. The zero-order valence-electron chi connectivity index (χ0n) is 13.9. The Hall–Kier alpha value is -2.07. The number of anilines is 1.